The van der Waals surface area contributed by atoms with Crippen molar-refractivity contribution in [1.29, 1.82) is 0 Å². The number of hydrogen-bond acceptors (Lipinski definition) is 4. The maximum Gasteiger partial charge on any atom is 0.416 e. The topological polar surface area (TPSA) is 39.2 Å². The number of hydrazone groups is 1. The second-order valence-corrected chi connectivity index (χ2v) is 10.1. The summed E-state index contributed by atoms with van der Waals surface area (Å²) in [6, 6.07) is 23.1. The Hall–Kier alpha value is -3.65. The number of fused-ring (bicyclic) bond motifs is 4. The minimum absolute atomic E-state index is 0.184. The van der Waals surface area contributed by atoms with Crippen LogP contribution in [0.3, 0.4) is 0 Å². The number of rotatable bonds is 3. The predicted octanol–water partition coefficient (Wildman–Crippen LogP) is 5.36. The molecule has 3 aliphatic heterocycles. The molecule has 6 rings (SSSR count). The van der Waals surface area contributed by atoms with Crippen LogP contribution in [-0.4, -0.2) is 42.2 Å². The first-order valence-electron chi connectivity index (χ1n) is 12.5. The molecule has 0 N–H and O–H groups in total. The molecule has 37 heavy (non-hydrogen) atoms. The van der Waals surface area contributed by atoms with Gasteiger partial charge in [-0.25, -0.2) is 0 Å². The van der Waals surface area contributed by atoms with Gasteiger partial charge >= 0.3 is 6.18 Å². The van der Waals surface area contributed by atoms with Crippen LogP contribution in [0.25, 0.3) is 0 Å². The van der Waals surface area contributed by atoms with Crippen LogP contribution in [0.2, 0.25) is 0 Å². The molecule has 1 spiro atoms. The third-order valence-corrected chi connectivity index (χ3v) is 7.94. The summed E-state index contributed by atoms with van der Waals surface area (Å²) in [4.78, 5) is 18.7. The summed E-state index contributed by atoms with van der Waals surface area (Å²) < 4.78 is 40.9. The van der Waals surface area contributed by atoms with Gasteiger partial charge in [-0.15, -0.1) is 0 Å². The molecule has 0 aliphatic carbocycles. The molecule has 1 fully saturated rings. The molecule has 3 aromatic carbocycles. The molecule has 0 radical (unpaired) electrons. The van der Waals surface area contributed by atoms with E-state index in [-0.39, 0.29) is 18.4 Å². The van der Waals surface area contributed by atoms with Crippen molar-refractivity contribution in [3.63, 3.8) is 0 Å². The van der Waals surface area contributed by atoms with E-state index >= 15 is 0 Å². The van der Waals surface area contributed by atoms with E-state index in [4.69, 9.17) is 5.10 Å². The zero-order chi connectivity index (χ0) is 25.8. The van der Waals surface area contributed by atoms with Gasteiger partial charge in [0.05, 0.1) is 23.0 Å². The van der Waals surface area contributed by atoms with Crippen LogP contribution >= 0.6 is 0 Å². The van der Waals surface area contributed by atoms with Crippen molar-refractivity contribution in [3.05, 3.63) is 95.6 Å². The Morgan fingerprint density at radius 3 is 2.38 bits per heavy atom. The standard InChI is InChI=1S/C29H27F3N4O/c1-20-28(27(37)36(33-20)24-10-6-3-7-11-24)17-22-16-23(29(30,31)32)12-13-25(22)35-15-14-34(19-26(28)35)18-21-8-4-2-5-9-21/h2-13,16,26H,14-15,17-19H2,1H3/t26-,28+/m0/s1. The molecular formula is C29H27F3N4O. The van der Waals surface area contributed by atoms with Gasteiger partial charge in [-0.2, -0.15) is 23.3 Å². The van der Waals surface area contributed by atoms with Crippen LogP contribution in [0, 0.1) is 5.41 Å². The van der Waals surface area contributed by atoms with Gasteiger partial charge in [-0.05, 0) is 54.8 Å². The first kappa shape index (κ1) is 23.7. The maximum atomic E-state index is 14.2. The van der Waals surface area contributed by atoms with E-state index in [2.05, 4.69) is 21.9 Å². The van der Waals surface area contributed by atoms with Crippen molar-refractivity contribution in [2.24, 2.45) is 10.5 Å². The summed E-state index contributed by atoms with van der Waals surface area (Å²) in [5.74, 6) is -0.184. The molecule has 3 aromatic rings. The number of halogens is 3. The van der Waals surface area contributed by atoms with E-state index < -0.39 is 17.2 Å². The molecule has 5 nitrogen and oxygen atoms in total. The van der Waals surface area contributed by atoms with Gasteiger partial charge in [0.15, 0.2) is 0 Å². The Kier molecular flexibility index (Phi) is 5.60. The fourth-order valence-electron chi connectivity index (χ4n) is 6.10. The molecule has 1 saturated heterocycles. The van der Waals surface area contributed by atoms with E-state index in [1.165, 1.54) is 16.6 Å². The molecule has 2 atom stereocenters. The van der Waals surface area contributed by atoms with Gasteiger partial charge in [0.25, 0.3) is 5.91 Å². The van der Waals surface area contributed by atoms with Gasteiger partial charge < -0.3 is 4.90 Å². The van der Waals surface area contributed by atoms with Crippen LogP contribution in [0.1, 0.15) is 23.6 Å². The van der Waals surface area contributed by atoms with E-state index in [1.807, 2.05) is 55.5 Å². The predicted molar refractivity (Wildman–Crippen MR) is 137 cm³/mol. The third kappa shape index (κ3) is 3.91. The summed E-state index contributed by atoms with van der Waals surface area (Å²) in [6.45, 7) is 4.55. The number of para-hydroxylation sites is 1. The number of carbonyl (C=O) groups excluding carboxylic acids is 1. The molecule has 3 aliphatic rings. The highest BCUT2D eigenvalue weighted by atomic mass is 19.4. The van der Waals surface area contributed by atoms with Gasteiger partial charge in [-0.3, -0.25) is 9.69 Å². The van der Waals surface area contributed by atoms with Gasteiger partial charge in [0, 0.05) is 31.9 Å². The fraction of sp³-hybridized carbons (Fsp3) is 0.310. The normalized spacial score (nSPS) is 23.7. The van der Waals surface area contributed by atoms with Crippen LogP contribution in [0.5, 0.6) is 0 Å². The first-order chi connectivity index (χ1) is 17.8. The molecule has 8 heteroatoms. The van der Waals surface area contributed by atoms with Crippen LogP contribution < -0.4 is 9.91 Å². The third-order valence-electron chi connectivity index (χ3n) is 7.94. The van der Waals surface area contributed by atoms with Crippen LogP contribution in [0.15, 0.2) is 84.0 Å². The number of nitrogens with zero attached hydrogens (tertiary/aromatic N) is 4. The Labute approximate surface area is 213 Å². The molecular weight excluding hydrogens is 477 g/mol. The lowest BCUT2D eigenvalue weighted by atomic mass is 9.67. The minimum Gasteiger partial charge on any atom is -0.364 e. The lowest BCUT2D eigenvalue weighted by Gasteiger charge is -2.53. The monoisotopic (exact) mass is 504 g/mol. The number of piperazine rings is 1. The Balaban J connectivity index is 1.43. The minimum atomic E-state index is -4.45. The molecule has 0 saturated carbocycles. The lowest BCUT2D eigenvalue weighted by Crippen LogP contribution is -2.66. The van der Waals surface area contributed by atoms with Gasteiger partial charge in [0.1, 0.15) is 5.41 Å². The molecule has 0 aromatic heterocycles. The highest BCUT2D eigenvalue weighted by Gasteiger charge is 2.60. The molecule has 0 unspecified atom stereocenters. The number of anilines is 2. The van der Waals surface area contributed by atoms with E-state index in [0.717, 1.165) is 24.8 Å². The zero-order valence-electron chi connectivity index (χ0n) is 20.4. The quantitative estimate of drug-likeness (QED) is 0.482. The van der Waals surface area contributed by atoms with Crippen LogP contribution in [0.4, 0.5) is 24.5 Å². The van der Waals surface area contributed by atoms with Crippen molar-refractivity contribution < 1.29 is 18.0 Å². The molecule has 0 bridgehead atoms. The van der Waals surface area contributed by atoms with E-state index in [1.54, 1.807) is 6.07 Å². The van der Waals surface area contributed by atoms with Crippen molar-refractivity contribution in [3.8, 4) is 0 Å². The summed E-state index contributed by atoms with van der Waals surface area (Å²) in [6.07, 6.45) is -4.27. The largest absolute Gasteiger partial charge is 0.416 e. The fourth-order valence-corrected chi connectivity index (χ4v) is 6.10. The SMILES string of the molecule is CC1=NN(c2ccccc2)C(=O)[C@]12Cc1cc(C(F)(F)F)ccc1N1CCN(Cc3ccccc3)C[C@H]12. The summed E-state index contributed by atoms with van der Waals surface area (Å²) in [5.41, 5.74) is 2.06. The summed E-state index contributed by atoms with van der Waals surface area (Å²) in [7, 11) is 0. The Bertz CT molecular complexity index is 1360. The van der Waals surface area contributed by atoms with Crippen molar-refractivity contribution >= 4 is 23.0 Å². The molecule has 3 heterocycles. The summed E-state index contributed by atoms with van der Waals surface area (Å²) >= 11 is 0. The number of amides is 1. The Morgan fingerprint density at radius 1 is 0.973 bits per heavy atom. The number of hydrogen-bond donors (Lipinski definition) is 0. The van der Waals surface area contributed by atoms with Crippen molar-refractivity contribution in [2.75, 3.05) is 29.5 Å². The number of alkyl halides is 3. The van der Waals surface area contributed by atoms with Gasteiger partial charge in [0.2, 0.25) is 0 Å². The Morgan fingerprint density at radius 2 is 1.68 bits per heavy atom. The van der Waals surface area contributed by atoms with Gasteiger partial charge in [-0.1, -0.05) is 48.5 Å². The van der Waals surface area contributed by atoms with E-state index in [9.17, 15) is 18.0 Å². The smallest absolute Gasteiger partial charge is 0.364 e. The highest BCUT2D eigenvalue weighted by Crippen LogP contribution is 2.49. The van der Waals surface area contributed by atoms with Crippen LogP contribution in [-0.2, 0) is 23.9 Å². The van der Waals surface area contributed by atoms with Crippen molar-refractivity contribution in [2.45, 2.75) is 32.1 Å². The zero-order valence-corrected chi connectivity index (χ0v) is 20.4. The second-order valence-electron chi connectivity index (χ2n) is 10.1. The first-order valence-corrected chi connectivity index (χ1v) is 12.5. The average Bonchev–Trinajstić information content (AvgIpc) is 3.14. The maximum absolute atomic E-state index is 14.2. The lowest BCUT2D eigenvalue weighted by molar-refractivity contribution is -0.137. The summed E-state index contributed by atoms with van der Waals surface area (Å²) in [5, 5.41) is 6.13. The average molecular weight is 505 g/mol. The molecule has 1 amide bonds. The van der Waals surface area contributed by atoms with Crippen molar-refractivity contribution in [1.82, 2.24) is 4.90 Å². The molecule has 190 valence electrons. The van der Waals surface area contributed by atoms with E-state index in [0.29, 0.717) is 30.1 Å². The number of benzene rings is 3. The second kappa shape index (κ2) is 8.73. The number of carbonyl (C=O) groups is 1. The highest BCUT2D eigenvalue weighted by molar-refractivity contribution is 6.20.